The van der Waals surface area contributed by atoms with Crippen molar-refractivity contribution in [1.29, 1.82) is 5.26 Å². The van der Waals surface area contributed by atoms with Gasteiger partial charge in [-0.2, -0.15) is 5.26 Å². The molecule has 17 heavy (non-hydrogen) atoms. The number of nitrogens with one attached hydrogen (secondary N) is 1. The summed E-state index contributed by atoms with van der Waals surface area (Å²) in [4.78, 5) is 0. The number of benzene rings is 1. The van der Waals surface area contributed by atoms with Crippen LogP contribution < -0.4 is 10.1 Å². The summed E-state index contributed by atoms with van der Waals surface area (Å²) in [5.74, 6) is 0.597. The molecule has 1 fully saturated rings. The summed E-state index contributed by atoms with van der Waals surface area (Å²) in [6.07, 6.45) is 2.04. The third-order valence-electron chi connectivity index (χ3n) is 3.21. The number of aliphatic hydroxyl groups is 1. The predicted molar refractivity (Wildman–Crippen MR) is 63.6 cm³/mol. The van der Waals surface area contributed by atoms with Crippen molar-refractivity contribution in [2.24, 2.45) is 0 Å². The summed E-state index contributed by atoms with van der Waals surface area (Å²) in [6.45, 7) is 0.841. The second-order valence-electron chi connectivity index (χ2n) is 4.44. The quantitative estimate of drug-likeness (QED) is 0.800. The van der Waals surface area contributed by atoms with E-state index in [1.807, 2.05) is 12.1 Å². The molecule has 0 aliphatic heterocycles. The Morgan fingerprint density at radius 1 is 1.53 bits per heavy atom. The highest BCUT2D eigenvalue weighted by molar-refractivity contribution is 5.45. The van der Waals surface area contributed by atoms with Gasteiger partial charge in [0, 0.05) is 12.1 Å². The lowest BCUT2D eigenvalue weighted by Gasteiger charge is -2.14. The van der Waals surface area contributed by atoms with Crippen LogP contribution in [0.25, 0.3) is 0 Å². The van der Waals surface area contributed by atoms with Crippen LogP contribution in [0.5, 0.6) is 5.75 Å². The van der Waals surface area contributed by atoms with Gasteiger partial charge in [-0.3, -0.25) is 0 Å². The van der Waals surface area contributed by atoms with E-state index < -0.39 is 0 Å². The second-order valence-corrected chi connectivity index (χ2v) is 4.44. The Balaban J connectivity index is 2.04. The van der Waals surface area contributed by atoms with E-state index >= 15 is 0 Å². The lowest BCUT2D eigenvalue weighted by Crippen LogP contribution is -2.34. The first-order valence-corrected chi connectivity index (χ1v) is 5.66. The first kappa shape index (κ1) is 11.9. The molecule has 90 valence electrons. The first-order chi connectivity index (χ1) is 8.23. The van der Waals surface area contributed by atoms with Crippen molar-refractivity contribution >= 4 is 0 Å². The molecule has 1 aromatic carbocycles. The summed E-state index contributed by atoms with van der Waals surface area (Å²) in [7, 11) is 1.55. The Morgan fingerprint density at radius 2 is 2.29 bits per heavy atom. The third-order valence-corrected chi connectivity index (χ3v) is 3.21. The lowest BCUT2D eigenvalue weighted by molar-refractivity contribution is 0.229. The molecule has 2 N–H and O–H groups in total. The van der Waals surface area contributed by atoms with Crippen LogP contribution in [-0.2, 0) is 6.54 Å². The minimum Gasteiger partial charge on any atom is -0.495 e. The molecule has 0 radical (unpaired) electrons. The van der Waals surface area contributed by atoms with Crippen LogP contribution in [0, 0.1) is 11.3 Å². The molecule has 0 saturated heterocycles. The molecule has 2 rings (SSSR count). The molecule has 1 aliphatic rings. The van der Waals surface area contributed by atoms with Gasteiger partial charge in [0.25, 0.3) is 0 Å². The smallest absolute Gasteiger partial charge is 0.136 e. The molecule has 0 unspecified atom stereocenters. The molecule has 1 saturated carbocycles. The van der Waals surface area contributed by atoms with E-state index in [4.69, 9.17) is 10.00 Å². The van der Waals surface area contributed by atoms with Gasteiger partial charge >= 0.3 is 0 Å². The van der Waals surface area contributed by atoms with E-state index in [2.05, 4.69) is 11.4 Å². The summed E-state index contributed by atoms with van der Waals surface area (Å²) < 4.78 is 5.09. The molecule has 0 atom stereocenters. The maximum absolute atomic E-state index is 9.18. The van der Waals surface area contributed by atoms with E-state index in [-0.39, 0.29) is 12.1 Å². The van der Waals surface area contributed by atoms with Crippen molar-refractivity contribution in [1.82, 2.24) is 5.32 Å². The topological polar surface area (TPSA) is 65.3 Å². The highest BCUT2D eigenvalue weighted by atomic mass is 16.5. The standard InChI is InChI=1S/C13H16N2O2/c1-17-12-3-2-10(6-11(12)7-14)8-15-13(9-16)4-5-13/h2-3,6,15-16H,4-5,8-9H2,1H3. The highest BCUT2D eigenvalue weighted by Gasteiger charge is 2.41. The zero-order valence-corrected chi connectivity index (χ0v) is 9.86. The van der Waals surface area contributed by atoms with Crippen LogP contribution in [0.1, 0.15) is 24.0 Å². The van der Waals surface area contributed by atoms with Crippen molar-refractivity contribution in [2.45, 2.75) is 24.9 Å². The average Bonchev–Trinajstić information content (AvgIpc) is 3.16. The Labute approximate surface area is 101 Å². The number of methoxy groups -OCH3 is 1. The summed E-state index contributed by atoms with van der Waals surface area (Å²) in [5, 5.41) is 21.5. The molecule has 1 aliphatic carbocycles. The summed E-state index contributed by atoms with van der Waals surface area (Å²) in [5.41, 5.74) is 1.50. The third kappa shape index (κ3) is 2.57. The monoisotopic (exact) mass is 232 g/mol. The molecule has 1 aromatic rings. The number of nitrogens with zero attached hydrogens (tertiary/aromatic N) is 1. The fourth-order valence-electron chi connectivity index (χ4n) is 1.78. The number of hydrogen-bond donors (Lipinski definition) is 2. The van der Waals surface area contributed by atoms with Crippen LogP contribution in [0.4, 0.5) is 0 Å². The Kier molecular flexibility index (Phi) is 3.32. The maximum Gasteiger partial charge on any atom is 0.136 e. The van der Waals surface area contributed by atoms with Crippen molar-refractivity contribution in [3.8, 4) is 11.8 Å². The Morgan fingerprint density at radius 3 is 2.82 bits per heavy atom. The van der Waals surface area contributed by atoms with Gasteiger partial charge in [-0.1, -0.05) is 6.07 Å². The van der Waals surface area contributed by atoms with E-state index in [9.17, 15) is 5.11 Å². The molecule has 4 heteroatoms. The normalized spacial score (nSPS) is 16.3. The van der Waals surface area contributed by atoms with Crippen LogP contribution in [0.15, 0.2) is 18.2 Å². The van der Waals surface area contributed by atoms with Gasteiger partial charge in [-0.25, -0.2) is 0 Å². The minimum absolute atomic E-state index is 0.0767. The molecule has 4 nitrogen and oxygen atoms in total. The number of ether oxygens (including phenoxy) is 1. The van der Waals surface area contributed by atoms with Gasteiger partial charge < -0.3 is 15.2 Å². The minimum atomic E-state index is -0.0767. The van der Waals surface area contributed by atoms with Crippen LogP contribution in [0.3, 0.4) is 0 Å². The van der Waals surface area contributed by atoms with Crippen molar-refractivity contribution in [2.75, 3.05) is 13.7 Å². The number of rotatable bonds is 5. The average molecular weight is 232 g/mol. The zero-order chi connectivity index (χ0) is 12.3. The second kappa shape index (κ2) is 4.74. The molecule has 0 heterocycles. The van der Waals surface area contributed by atoms with Crippen LogP contribution in [-0.4, -0.2) is 24.4 Å². The molecular formula is C13H16N2O2. The largest absolute Gasteiger partial charge is 0.495 e. The van der Waals surface area contributed by atoms with Crippen LogP contribution >= 0.6 is 0 Å². The molecular weight excluding hydrogens is 216 g/mol. The van der Waals surface area contributed by atoms with Gasteiger partial charge in [0.15, 0.2) is 0 Å². The predicted octanol–water partition coefficient (Wildman–Crippen LogP) is 1.18. The zero-order valence-electron chi connectivity index (χ0n) is 9.86. The number of hydrogen-bond acceptors (Lipinski definition) is 4. The number of nitriles is 1. The van der Waals surface area contributed by atoms with Crippen LogP contribution in [0.2, 0.25) is 0 Å². The Bertz CT molecular complexity index is 447. The molecule has 0 bridgehead atoms. The molecule has 0 spiro atoms. The molecule has 0 aromatic heterocycles. The van der Waals surface area contributed by atoms with Gasteiger partial charge in [0.1, 0.15) is 11.8 Å². The Hall–Kier alpha value is -1.57. The van der Waals surface area contributed by atoms with E-state index in [0.29, 0.717) is 17.9 Å². The van der Waals surface area contributed by atoms with E-state index in [0.717, 1.165) is 18.4 Å². The van der Waals surface area contributed by atoms with Crippen molar-refractivity contribution in [3.05, 3.63) is 29.3 Å². The van der Waals surface area contributed by atoms with Crippen molar-refractivity contribution in [3.63, 3.8) is 0 Å². The first-order valence-electron chi connectivity index (χ1n) is 5.66. The molecule has 0 amide bonds. The van der Waals surface area contributed by atoms with E-state index in [1.54, 1.807) is 13.2 Å². The summed E-state index contributed by atoms with van der Waals surface area (Å²) in [6, 6.07) is 7.66. The number of aliphatic hydroxyl groups excluding tert-OH is 1. The SMILES string of the molecule is COc1ccc(CNC2(CO)CC2)cc1C#N. The fourth-order valence-corrected chi connectivity index (χ4v) is 1.78. The summed E-state index contributed by atoms with van der Waals surface area (Å²) >= 11 is 0. The lowest BCUT2D eigenvalue weighted by atomic mass is 10.1. The van der Waals surface area contributed by atoms with Gasteiger partial charge in [-0.05, 0) is 30.5 Å². The van der Waals surface area contributed by atoms with Crippen molar-refractivity contribution < 1.29 is 9.84 Å². The van der Waals surface area contributed by atoms with Gasteiger partial charge in [0.05, 0.1) is 19.3 Å². The maximum atomic E-state index is 9.18. The van der Waals surface area contributed by atoms with Gasteiger partial charge in [-0.15, -0.1) is 0 Å². The highest BCUT2D eigenvalue weighted by Crippen LogP contribution is 2.34. The fraction of sp³-hybridized carbons (Fsp3) is 0.462. The van der Waals surface area contributed by atoms with E-state index in [1.165, 1.54) is 0 Å². The van der Waals surface area contributed by atoms with Gasteiger partial charge in [0.2, 0.25) is 0 Å².